The maximum atomic E-state index is 11.8. The van der Waals surface area contributed by atoms with E-state index in [9.17, 15) is 5.11 Å². The standard InChI is InChI=1S/C29H59IO5Si3/c1-17-18-21-23(31)25(34-37(13,14)28(5,6)7)26(35-38(15,16)29(8,9)10)24(32-21)22(19-20-30)33-36(11,12)27(2,3)4/h17,19-26,31H,1,18H2,2-16H3/b20-19+/t21-,22?,23?,24-,25?,26+/m0/s1. The summed E-state index contributed by atoms with van der Waals surface area (Å²) in [5.41, 5.74) is 0. The molecule has 0 spiro atoms. The van der Waals surface area contributed by atoms with Crippen LogP contribution in [0.3, 0.4) is 0 Å². The third-order valence-electron chi connectivity index (χ3n) is 9.39. The lowest BCUT2D eigenvalue weighted by molar-refractivity contribution is -0.227. The van der Waals surface area contributed by atoms with Gasteiger partial charge in [0.25, 0.3) is 0 Å². The molecule has 1 rings (SSSR count). The Balaban J connectivity index is 3.80. The van der Waals surface area contributed by atoms with Crippen molar-refractivity contribution in [2.75, 3.05) is 0 Å². The first kappa shape index (κ1) is 36.7. The fraction of sp³-hybridized carbons (Fsp3) is 0.862. The first-order valence-corrected chi connectivity index (χ1v) is 24.0. The van der Waals surface area contributed by atoms with E-state index in [1.54, 1.807) is 0 Å². The molecule has 3 unspecified atom stereocenters. The molecular weight excluding hydrogens is 639 g/mol. The Morgan fingerprint density at radius 1 is 0.816 bits per heavy atom. The van der Waals surface area contributed by atoms with Gasteiger partial charge in [-0.05, 0) is 71.0 Å². The van der Waals surface area contributed by atoms with Crippen LogP contribution in [-0.2, 0) is 18.0 Å². The highest BCUT2D eigenvalue weighted by Gasteiger charge is 2.55. The second-order valence-electron chi connectivity index (χ2n) is 15.5. The van der Waals surface area contributed by atoms with E-state index in [0.29, 0.717) is 6.42 Å². The average Bonchev–Trinajstić information content (AvgIpc) is 2.69. The summed E-state index contributed by atoms with van der Waals surface area (Å²) < 4.78 is 30.0. The summed E-state index contributed by atoms with van der Waals surface area (Å²) in [5.74, 6) is 0. The van der Waals surface area contributed by atoms with E-state index in [1.165, 1.54) is 0 Å². The summed E-state index contributed by atoms with van der Waals surface area (Å²) in [4.78, 5) is 0. The van der Waals surface area contributed by atoms with Crippen LogP contribution >= 0.6 is 22.6 Å². The summed E-state index contributed by atoms with van der Waals surface area (Å²) in [6.07, 6.45) is 1.43. The van der Waals surface area contributed by atoms with Crippen molar-refractivity contribution in [1.82, 2.24) is 0 Å². The normalized spacial score (nSPS) is 27.6. The summed E-state index contributed by atoms with van der Waals surface area (Å²) in [6.45, 7) is 37.7. The van der Waals surface area contributed by atoms with Crippen molar-refractivity contribution in [3.05, 3.63) is 22.8 Å². The molecule has 6 atom stereocenters. The lowest BCUT2D eigenvalue weighted by atomic mass is 9.91. The molecule has 1 saturated heterocycles. The van der Waals surface area contributed by atoms with Crippen molar-refractivity contribution in [3.8, 4) is 0 Å². The topological polar surface area (TPSA) is 57.2 Å². The highest BCUT2D eigenvalue weighted by molar-refractivity contribution is 14.1. The second-order valence-corrected chi connectivity index (χ2v) is 30.5. The van der Waals surface area contributed by atoms with E-state index >= 15 is 0 Å². The highest BCUT2D eigenvalue weighted by atomic mass is 127. The molecular formula is C29H59IO5Si3. The van der Waals surface area contributed by atoms with Gasteiger partial charge in [-0.3, -0.25) is 0 Å². The average molecular weight is 699 g/mol. The largest absolute Gasteiger partial charge is 0.408 e. The Kier molecular flexibility index (Phi) is 12.4. The van der Waals surface area contributed by atoms with E-state index < -0.39 is 55.5 Å². The van der Waals surface area contributed by atoms with E-state index in [4.69, 9.17) is 18.0 Å². The van der Waals surface area contributed by atoms with Crippen LogP contribution in [0.5, 0.6) is 0 Å². The third-order valence-corrected chi connectivity index (χ3v) is 23.2. The molecule has 0 amide bonds. The molecule has 224 valence electrons. The highest BCUT2D eigenvalue weighted by Crippen LogP contribution is 2.45. The Hall–Kier alpha value is 0.661. The minimum atomic E-state index is -2.28. The molecule has 0 radical (unpaired) electrons. The molecule has 1 fully saturated rings. The van der Waals surface area contributed by atoms with Crippen LogP contribution in [0.25, 0.3) is 0 Å². The van der Waals surface area contributed by atoms with Crippen molar-refractivity contribution >= 4 is 47.5 Å². The first-order chi connectivity index (χ1) is 16.8. The molecule has 9 heteroatoms. The van der Waals surface area contributed by atoms with Crippen molar-refractivity contribution < 1.29 is 23.1 Å². The quantitative estimate of drug-likeness (QED) is 0.140. The monoisotopic (exact) mass is 698 g/mol. The molecule has 1 N–H and O–H groups in total. The van der Waals surface area contributed by atoms with E-state index in [0.717, 1.165) is 0 Å². The van der Waals surface area contributed by atoms with Gasteiger partial charge in [-0.1, -0.05) is 91.0 Å². The van der Waals surface area contributed by atoms with Gasteiger partial charge in [0.2, 0.25) is 0 Å². The maximum absolute atomic E-state index is 11.8. The third kappa shape index (κ3) is 8.83. The van der Waals surface area contributed by atoms with Gasteiger partial charge in [-0.2, -0.15) is 0 Å². The van der Waals surface area contributed by atoms with Crippen LogP contribution in [0.4, 0.5) is 0 Å². The Morgan fingerprint density at radius 2 is 1.24 bits per heavy atom. The molecule has 0 aliphatic carbocycles. The number of rotatable bonds is 10. The Bertz CT molecular complexity index is 809. The number of hydrogen-bond acceptors (Lipinski definition) is 5. The van der Waals surface area contributed by atoms with Crippen LogP contribution in [0.2, 0.25) is 54.4 Å². The van der Waals surface area contributed by atoms with Crippen LogP contribution < -0.4 is 0 Å². The number of ether oxygens (including phenoxy) is 1. The zero-order valence-electron chi connectivity index (χ0n) is 27.1. The van der Waals surface area contributed by atoms with E-state index in [1.807, 2.05) is 10.2 Å². The van der Waals surface area contributed by atoms with Gasteiger partial charge >= 0.3 is 0 Å². The van der Waals surface area contributed by atoms with E-state index in [2.05, 4.69) is 137 Å². The predicted molar refractivity (Wildman–Crippen MR) is 179 cm³/mol. The molecule has 0 aromatic carbocycles. The zero-order chi connectivity index (χ0) is 30.1. The molecule has 5 nitrogen and oxygen atoms in total. The fourth-order valence-electron chi connectivity index (χ4n) is 3.69. The molecule has 0 aromatic heterocycles. The van der Waals surface area contributed by atoms with Gasteiger partial charge in [0, 0.05) is 0 Å². The molecule has 1 aliphatic heterocycles. The van der Waals surface area contributed by atoms with Gasteiger partial charge in [0.15, 0.2) is 25.0 Å². The lowest BCUT2D eigenvalue weighted by Crippen LogP contribution is -2.67. The number of hydrogen-bond donors (Lipinski definition) is 1. The zero-order valence-corrected chi connectivity index (χ0v) is 32.2. The van der Waals surface area contributed by atoms with Crippen molar-refractivity contribution in [2.24, 2.45) is 0 Å². The van der Waals surface area contributed by atoms with Crippen molar-refractivity contribution in [2.45, 2.75) is 160 Å². The van der Waals surface area contributed by atoms with Gasteiger partial charge < -0.3 is 23.1 Å². The minimum absolute atomic E-state index is 0.0170. The van der Waals surface area contributed by atoms with Crippen LogP contribution in [0.15, 0.2) is 22.8 Å². The van der Waals surface area contributed by atoms with Crippen molar-refractivity contribution in [3.63, 3.8) is 0 Å². The Labute approximate surface area is 252 Å². The minimum Gasteiger partial charge on any atom is -0.408 e. The summed E-state index contributed by atoms with van der Waals surface area (Å²) in [7, 11) is -6.71. The maximum Gasteiger partial charge on any atom is 0.193 e. The number of aliphatic hydroxyl groups excluding tert-OH is 1. The SMILES string of the molecule is C=CC[C@@H]1O[C@@H](C(/C=C/I)O[Si](C)(C)C(C)(C)C)[C@@H](O[Si](C)(C)C(C)(C)C)C(O[Si](C)(C)C(C)(C)C)C1O. The van der Waals surface area contributed by atoms with Crippen LogP contribution in [-0.4, -0.2) is 66.7 Å². The van der Waals surface area contributed by atoms with Gasteiger partial charge in [0.1, 0.15) is 24.4 Å². The van der Waals surface area contributed by atoms with Gasteiger partial charge in [-0.25, -0.2) is 0 Å². The first-order valence-electron chi connectivity index (χ1n) is 14.1. The van der Waals surface area contributed by atoms with Crippen LogP contribution in [0.1, 0.15) is 68.7 Å². The lowest BCUT2D eigenvalue weighted by Gasteiger charge is -2.53. The molecule has 1 aliphatic rings. The smallest absolute Gasteiger partial charge is 0.193 e. The molecule has 0 bridgehead atoms. The number of aliphatic hydroxyl groups is 1. The summed E-state index contributed by atoms with van der Waals surface area (Å²) in [5, 5.41) is 11.8. The summed E-state index contributed by atoms with van der Waals surface area (Å²) >= 11 is 2.26. The fourth-order valence-corrected chi connectivity index (χ4v) is 7.95. The predicted octanol–water partition coefficient (Wildman–Crippen LogP) is 8.81. The second kappa shape index (κ2) is 12.9. The number of halogens is 1. The Morgan fingerprint density at radius 3 is 1.61 bits per heavy atom. The van der Waals surface area contributed by atoms with Gasteiger partial charge in [-0.15, -0.1) is 6.58 Å². The van der Waals surface area contributed by atoms with Crippen LogP contribution in [0, 0.1) is 0 Å². The van der Waals surface area contributed by atoms with Gasteiger partial charge in [0.05, 0.1) is 12.2 Å². The summed E-state index contributed by atoms with van der Waals surface area (Å²) in [6, 6.07) is 0. The molecule has 1 heterocycles. The van der Waals surface area contributed by atoms with Crippen molar-refractivity contribution in [1.29, 1.82) is 0 Å². The molecule has 0 aromatic rings. The van der Waals surface area contributed by atoms with E-state index in [-0.39, 0.29) is 21.2 Å². The molecule has 38 heavy (non-hydrogen) atoms. The molecule has 0 saturated carbocycles.